The number of oxime groups is 2. The molecule has 1 unspecified atom stereocenters. The van der Waals surface area contributed by atoms with Gasteiger partial charge in [-0.3, -0.25) is 4.79 Å². The van der Waals surface area contributed by atoms with Crippen molar-refractivity contribution >= 4 is 51.3 Å². The van der Waals surface area contributed by atoms with Gasteiger partial charge in [-0.15, -0.1) is 0 Å². The Kier molecular flexibility index (Phi) is 8.42. The first-order chi connectivity index (χ1) is 19.2. The van der Waals surface area contributed by atoms with Crippen molar-refractivity contribution in [2.75, 3.05) is 13.2 Å². The maximum atomic E-state index is 14.4. The van der Waals surface area contributed by atoms with Crippen LogP contribution >= 0.6 is 23.2 Å². The van der Waals surface area contributed by atoms with E-state index in [-0.39, 0.29) is 34.2 Å². The predicted molar refractivity (Wildman–Crippen MR) is 138 cm³/mol. The maximum absolute atomic E-state index is 14.4. The molecule has 1 aliphatic heterocycles. The van der Waals surface area contributed by atoms with Gasteiger partial charge in [0.15, 0.2) is 11.5 Å². The number of amides is 1. The van der Waals surface area contributed by atoms with Crippen molar-refractivity contribution in [2.24, 2.45) is 10.3 Å². The summed E-state index contributed by atoms with van der Waals surface area (Å²) < 4.78 is 96.8. The highest BCUT2D eigenvalue weighted by Gasteiger charge is 2.62. The first-order valence-electron chi connectivity index (χ1n) is 11.7. The zero-order valence-corrected chi connectivity index (χ0v) is 22.3. The summed E-state index contributed by atoms with van der Waals surface area (Å²) in [6, 6.07) is 10.1. The number of hydrogen-bond acceptors (Lipinski definition) is 5. The molecular formula is C26H18Cl2F7N3O3. The lowest BCUT2D eigenvalue weighted by Crippen LogP contribution is -2.42. The highest BCUT2D eigenvalue weighted by molar-refractivity contribution is 6.35. The Hall–Kier alpha value is -3.58. The third-order valence-corrected chi connectivity index (χ3v) is 6.71. The number of rotatable bonds is 7. The van der Waals surface area contributed by atoms with Crippen LogP contribution in [-0.4, -0.2) is 42.8 Å². The zero-order chi connectivity index (χ0) is 30.2. The summed E-state index contributed by atoms with van der Waals surface area (Å²) in [5, 5.41) is 8.03. The van der Waals surface area contributed by atoms with Crippen LogP contribution in [0.25, 0.3) is 10.8 Å². The van der Waals surface area contributed by atoms with Gasteiger partial charge < -0.3 is 15.0 Å². The number of halogens is 9. The Morgan fingerprint density at radius 1 is 1.07 bits per heavy atom. The topological polar surface area (TPSA) is 72.3 Å². The van der Waals surface area contributed by atoms with Crippen molar-refractivity contribution in [3.8, 4) is 0 Å². The van der Waals surface area contributed by atoms with Gasteiger partial charge in [-0.2, -0.15) is 26.3 Å². The van der Waals surface area contributed by atoms with Crippen LogP contribution in [0.3, 0.4) is 0 Å². The number of hydrogen-bond donors (Lipinski definition) is 1. The first-order valence-corrected chi connectivity index (χ1v) is 12.5. The predicted octanol–water partition coefficient (Wildman–Crippen LogP) is 7.55. The first kappa shape index (κ1) is 30.4. The fourth-order valence-electron chi connectivity index (χ4n) is 4.17. The highest BCUT2D eigenvalue weighted by Crippen LogP contribution is 2.50. The van der Waals surface area contributed by atoms with Crippen LogP contribution in [0.2, 0.25) is 10.0 Å². The number of nitrogens with zero attached hydrogens (tertiary/aromatic N) is 2. The molecule has 1 heterocycles. The van der Waals surface area contributed by atoms with E-state index in [1.165, 1.54) is 37.3 Å². The fourth-order valence-corrected chi connectivity index (χ4v) is 4.66. The molecule has 3 aromatic carbocycles. The van der Waals surface area contributed by atoms with E-state index < -0.39 is 64.0 Å². The normalized spacial score (nSPS) is 17.8. The Balaban J connectivity index is 1.69. The number of carbonyl (C=O) groups is 1. The summed E-state index contributed by atoms with van der Waals surface area (Å²) in [5.74, 6) is -1.99. The van der Waals surface area contributed by atoms with Crippen LogP contribution < -0.4 is 5.32 Å². The smallest absolute Gasteiger partial charge is 0.396 e. The van der Waals surface area contributed by atoms with Gasteiger partial charge in [0.25, 0.3) is 11.5 Å². The van der Waals surface area contributed by atoms with E-state index in [0.29, 0.717) is 0 Å². The van der Waals surface area contributed by atoms with Crippen LogP contribution in [-0.2, 0) is 15.3 Å². The third-order valence-electron chi connectivity index (χ3n) is 6.16. The molecule has 0 radical (unpaired) electrons. The van der Waals surface area contributed by atoms with Crippen molar-refractivity contribution < 1.29 is 45.2 Å². The summed E-state index contributed by atoms with van der Waals surface area (Å²) >= 11 is 11.5. The number of fused-ring (bicyclic) bond motifs is 1. The van der Waals surface area contributed by atoms with Gasteiger partial charge in [-0.05, 0) is 35.9 Å². The Morgan fingerprint density at radius 2 is 1.71 bits per heavy atom. The van der Waals surface area contributed by atoms with Gasteiger partial charge in [0.1, 0.15) is 6.61 Å². The summed E-state index contributed by atoms with van der Waals surface area (Å²) in [6.45, 7) is 0.325. The van der Waals surface area contributed by atoms with Crippen LogP contribution in [0.4, 0.5) is 30.7 Å². The second-order valence-corrected chi connectivity index (χ2v) is 9.54. The quantitative estimate of drug-likeness (QED) is 0.128. The molecule has 0 saturated heterocycles. The van der Waals surface area contributed by atoms with E-state index in [1.54, 1.807) is 6.07 Å². The van der Waals surface area contributed by atoms with E-state index in [2.05, 4.69) is 20.5 Å². The van der Waals surface area contributed by atoms with Gasteiger partial charge >= 0.3 is 12.4 Å². The molecule has 0 spiro atoms. The average Bonchev–Trinajstić information content (AvgIpc) is 3.37. The molecule has 15 heteroatoms. The molecule has 1 amide bonds. The largest absolute Gasteiger partial charge is 0.435 e. The molecule has 6 nitrogen and oxygen atoms in total. The average molecular weight is 624 g/mol. The molecule has 0 fully saturated rings. The third kappa shape index (κ3) is 5.91. The van der Waals surface area contributed by atoms with E-state index in [9.17, 15) is 35.5 Å². The molecule has 1 N–H and O–H groups in total. The van der Waals surface area contributed by atoms with Crippen LogP contribution in [0.15, 0.2) is 58.8 Å². The second kappa shape index (κ2) is 11.4. The van der Waals surface area contributed by atoms with Crippen LogP contribution in [0.1, 0.15) is 34.8 Å². The molecule has 0 aromatic heterocycles. The summed E-state index contributed by atoms with van der Waals surface area (Å²) in [6.07, 6.45) is -10.8. The minimum atomic E-state index is -5.04. The molecule has 218 valence electrons. The van der Waals surface area contributed by atoms with Crippen molar-refractivity contribution in [1.82, 2.24) is 5.32 Å². The Morgan fingerprint density at radius 3 is 2.29 bits per heavy atom. The molecule has 1 atom stereocenters. The summed E-state index contributed by atoms with van der Waals surface area (Å²) in [7, 11) is 0. The second-order valence-electron chi connectivity index (χ2n) is 8.73. The van der Waals surface area contributed by atoms with Gasteiger partial charge in [0.2, 0.25) is 0 Å². The Bertz CT molecular complexity index is 1530. The van der Waals surface area contributed by atoms with Gasteiger partial charge in [-0.1, -0.05) is 63.8 Å². The molecule has 0 saturated carbocycles. The molecule has 0 bridgehead atoms. The fraction of sp³-hybridized carbons (Fsp3) is 0.269. The summed E-state index contributed by atoms with van der Waals surface area (Å²) in [5.41, 5.74) is -5.04. The lowest BCUT2D eigenvalue weighted by atomic mass is 9.85. The minimum absolute atomic E-state index is 0.0546. The SMILES string of the molecule is CCO/N=C(/CNC(=O)c1ccc(C2=NOC(c3cc(Cl)c(F)c(Cl)c3)(C(F)(F)F)C2)c2ccccc12)C(F)(F)F. The molecule has 1 aliphatic rings. The van der Waals surface area contributed by atoms with Crippen molar-refractivity contribution in [2.45, 2.75) is 31.3 Å². The number of carbonyl (C=O) groups excluding carboxylic acids is 1. The maximum Gasteiger partial charge on any atom is 0.435 e. The van der Waals surface area contributed by atoms with Crippen molar-refractivity contribution in [3.05, 3.63) is 81.1 Å². The molecular weight excluding hydrogens is 606 g/mol. The molecule has 0 aliphatic carbocycles. The van der Waals surface area contributed by atoms with Crippen molar-refractivity contribution in [1.29, 1.82) is 0 Å². The minimum Gasteiger partial charge on any atom is -0.396 e. The van der Waals surface area contributed by atoms with E-state index >= 15 is 0 Å². The zero-order valence-electron chi connectivity index (χ0n) is 20.8. The highest BCUT2D eigenvalue weighted by atomic mass is 35.5. The van der Waals surface area contributed by atoms with Gasteiger partial charge in [-0.25, -0.2) is 4.39 Å². The lowest BCUT2D eigenvalue weighted by Gasteiger charge is -2.29. The van der Waals surface area contributed by atoms with Gasteiger partial charge in [0, 0.05) is 23.1 Å². The molecule has 41 heavy (non-hydrogen) atoms. The monoisotopic (exact) mass is 623 g/mol. The van der Waals surface area contributed by atoms with E-state index in [4.69, 9.17) is 28.0 Å². The van der Waals surface area contributed by atoms with E-state index in [0.717, 1.165) is 12.1 Å². The van der Waals surface area contributed by atoms with Crippen LogP contribution in [0.5, 0.6) is 0 Å². The van der Waals surface area contributed by atoms with Gasteiger partial charge in [0.05, 0.1) is 22.3 Å². The summed E-state index contributed by atoms with van der Waals surface area (Å²) in [4.78, 5) is 22.3. The number of benzene rings is 3. The van der Waals surface area contributed by atoms with E-state index in [1.807, 2.05) is 0 Å². The molecule has 4 rings (SSSR count). The lowest BCUT2D eigenvalue weighted by molar-refractivity contribution is -0.275. The van der Waals surface area contributed by atoms with Crippen LogP contribution in [0, 0.1) is 5.82 Å². The standard InChI is InChI=1S/C26H18Cl2F7N3O3/c1-2-40-38-21(25(30,31)32)12-36-23(39)17-8-7-16(14-5-3-4-6-15(14)17)20-11-24(41-37-20,26(33,34)35)13-9-18(27)22(29)19(28)10-13/h3-10H,2,11-12H2,1H3,(H,36,39)/b38-21-. The number of nitrogens with one attached hydrogen (secondary N) is 1. The Labute approximate surface area is 237 Å². The van der Waals surface area contributed by atoms with Crippen molar-refractivity contribution in [3.63, 3.8) is 0 Å². The molecule has 3 aromatic rings. The number of alkyl halides is 6.